The number of benzene rings is 2. The summed E-state index contributed by atoms with van der Waals surface area (Å²) in [5.41, 5.74) is 4.03. The molecule has 2 aromatic carbocycles. The molecule has 0 amide bonds. The van der Waals surface area contributed by atoms with Gasteiger partial charge in [-0.05, 0) is 74.1 Å². The first-order valence-electron chi connectivity index (χ1n) is 10.3. The number of hydrogen-bond donors (Lipinski definition) is 0. The summed E-state index contributed by atoms with van der Waals surface area (Å²) in [7, 11) is 0. The molecule has 0 N–H and O–H groups in total. The second-order valence-electron chi connectivity index (χ2n) is 7.73. The molecule has 1 fully saturated rings. The Morgan fingerprint density at radius 2 is 1.64 bits per heavy atom. The van der Waals surface area contributed by atoms with Gasteiger partial charge in [-0.1, -0.05) is 60.7 Å². The third-order valence-corrected chi connectivity index (χ3v) is 5.57. The Hall–Kier alpha value is -2.61. The van der Waals surface area contributed by atoms with E-state index in [4.69, 9.17) is 4.74 Å². The number of carbonyl (C=O) groups excluding carboxylic acids is 1. The maximum absolute atomic E-state index is 12.5. The maximum atomic E-state index is 12.5. The van der Waals surface area contributed by atoms with Crippen LogP contribution in [0.4, 0.5) is 0 Å². The lowest BCUT2D eigenvalue weighted by atomic mass is 9.84. The van der Waals surface area contributed by atoms with Crippen molar-refractivity contribution in [3.05, 3.63) is 78.4 Å². The minimum Gasteiger partial charge on any atom is -0.459 e. The van der Waals surface area contributed by atoms with E-state index in [1.54, 1.807) is 0 Å². The molecule has 1 aliphatic carbocycles. The van der Waals surface area contributed by atoms with E-state index >= 15 is 0 Å². The van der Waals surface area contributed by atoms with Crippen LogP contribution in [-0.2, 0) is 9.53 Å². The normalized spacial score (nSPS) is 19.8. The Kier molecular flexibility index (Phi) is 7.25. The van der Waals surface area contributed by atoms with Gasteiger partial charge in [-0.15, -0.1) is 6.58 Å². The van der Waals surface area contributed by atoms with Crippen LogP contribution in [0.3, 0.4) is 0 Å². The smallest absolute Gasteiger partial charge is 0.334 e. The largest absolute Gasteiger partial charge is 0.459 e. The van der Waals surface area contributed by atoms with Crippen LogP contribution in [0.15, 0.2) is 72.8 Å². The number of rotatable bonds is 7. The second kappa shape index (κ2) is 10.1. The van der Waals surface area contributed by atoms with Crippen LogP contribution < -0.4 is 0 Å². The number of ether oxygens (including phenoxy) is 1. The first-order chi connectivity index (χ1) is 13.7. The lowest BCUT2D eigenvalue weighted by Crippen LogP contribution is -2.24. The van der Waals surface area contributed by atoms with Crippen LogP contribution in [0.2, 0.25) is 0 Å². The summed E-state index contributed by atoms with van der Waals surface area (Å²) in [6.07, 6.45) is 10.5. The molecule has 3 rings (SSSR count). The molecule has 0 saturated heterocycles. The minimum atomic E-state index is -0.193. The molecular formula is C26H30O2. The van der Waals surface area contributed by atoms with E-state index in [9.17, 15) is 4.79 Å². The summed E-state index contributed by atoms with van der Waals surface area (Å²) in [6.45, 7) is 5.63. The predicted molar refractivity (Wildman–Crippen MR) is 117 cm³/mol. The van der Waals surface area contributed by atoms with Gasteiger partial charge in [0.2, 0.25) is 0 Å². The quantitative estimate of drug-likeness (QED) is 0.302. The van der Waals surface area contributed by atoms with Gasteiger partial charge >= 0.3 is 5.97 Å². The second-order valence-corrected chi connectivity index (χ2v) is 7.73. The fraction of sp³-hybridized carbons (Fsp3) is 0.346. The molecule has 0 aromatic heterocycles. The van der Waals surface area contributed by atoms with Gasteiger partial charge in [0.15, 0.2) is 0 Å². The van der Waals surface area contributed by atoms with Gasteiger partial charge in [0.25, 0.3) is 0 Å². The van der Waals surface area contributed by atoms with Gasteiger partial charge in [-0.2, -0.15) is 0 Å². The van der Waals surface area contributed by atoms with Crippen molar-refractivity contribution in [3.8, 4) is 11.1 Å². The van der Waals surface area contributed by atoms with Crippen LogP contribution in [-0.4, -0.2) is 12.1 Å². The standard InChI is InChI=1S/C26H30O2/c1-3-4-8-21-13-17-25(18-14-21)28-26(27)20(2)19-22-11-15-24(16-12-22)23-9-6-5-7-10-23/h3,5-7,9-12,15-16,19,21,25H,1,4,8,13-14,17-18H2,2H3. The summed E-state index contributed by atoms with van der Waals surface area (Å²) < 4.78 is 5.74. The van der Waals surface area contributed by atoms with Crippen LogP contribution >= 0.6 is 0 Å². The Morgan fingerprint density at radius 1 is 1.00 bits per heavy atom. The molecule has 1 saturated carbocycles. The number of esters is 1. The summed E-state index contributed by atoms with van der Waals surface area (Å²) in [5.74, 6) is 0.564. The molecule has 0 atom stereocenters. The van der Waals surface area contributed by atoms with E-state index in [0.717, 1.165) is 43.6 Å². The van der Waals surface area contributed by atoms with Crippen molar-refractivity contribution in [2.75, 3.05) is 0 Å². The molecule has 0 bridgehead atoms. The summed E-state index contributed by atoms with van der Waals surface area (Å²) in [5, 5.41) is 0. The fourth-order valence-electron chi connectivity index (χ4n) is 3.85. The van der Waals surface area contributed by atoms with Gasteiger partial charge in [-0.3, -0.25) is 0 Å². The SMILES string of the molecule is C=CCCC1CCC(OC(=O)C(C)=Cc2ccc(-c3ccccc3)cc2)CC1. The number of hydrogen-bond acceptors (Lipinski definition) is 2. The van der Waals surface area contributed by atoms with E-state index < -0.39 is 0 Å². The maximum Gasteiger partial charge on any atom is 0.334 e. The monoisotopic (exact) mass is 374 g/mol. The molecular weight excluding hydrogens is 344 g/mol. The molecule has 0 spiro atoms. The Balaban J connectivity index is 1.53. The molecule has 2 heteroatoms. The molecule has 2 nitrogen and oxygen atoms in total. The lowest BCUT2D eigenvalue weighted by Gasteiger charge is -2.28. The van der Waals surface area contributed by atoms with E-state index in [-0.39, 0.29) is 12.1 Å². The van der Waals surface area contributed by atoms with E-state index in [1.807, 2.05) is 49.4 Å². The third-order valence-electron chi connectivity index (χ3n) is 5.57. The highest BCUT2D eigenvalue weighted by Crippen LogP contribution is 2.30. The van der Waals surface area contributed by atoms with E-state index in [2.05, 4.69) is 30.8 Å². The predicted octanol–water partition coefficient (Wildman–Crippen LogP) is 6.83. The summed E-state index contributed by atoms with van der Waals surface area (Å²) in [6, 6.07) is 18.6. The van der Waals surface area contributed by atoms with Crippen molar-refractivity contribution in [2.24, 2.45) is 5.92 Å². The van der Waals surface area contributed by atoms with Gasteiger partial charge in [0, 0.05) is 5.57 Å². The van der Waals surface area contributed by atoms with Crippen molar-refractivity contribution >= 4 is 12.0 Å². The summed E-state index contributed by atoms with van der Waals surface area (Å²) >= 11 is 0. The van der Waals surface area contributed by atoms with Gasteiger partial charge < -0.3 is 4.74 Å². The van der Waals surface area contributed by atoms with Crippen LogP contribution in [0.5, 0.6) is 0 Å². The number of carbonyl (C=O) groups is 1. The van der Waals surface area contributed by atoms with Crippen molar-refractivity contribution in [3.63, 3.8) is 0 Å². The van der Waals surface area contributed by atoms with Crippen molar-refractivity contribution in [1.82, 2.24) is 0 Å². The lowest BCUT2D eigenvalue weighted by molar-refractivity contribution is -0.146. The molecule has 0 unspecified atom stereocenters. The van der Waals surface area contributed by atoms with Crippen molar-refractivity contribution in [2.45, 2.75) is 51.6 Å². The van der Waals surface area contributed by atoms with Crippen LogP contribution in [0.25, 0.3) is 17.2 Å². The highest BCUT2D eigenvalue weighted by Gasteiger charge is 2.23. The molecule has 0 radical (unpaired) electrons. The Labute approximate surface area is 168 Å². The molecule has 1 aliphatic rings. The zero-order valence-corrected chi connectivity index (χ0v) is 16.8. The van der Waals surface area contributed by atoms with Gasteiger partial charge in [0.1, 0.15) is 6.10 Å². The van der Waals surface area contributed by atoms with Crippen LogP contribution in [0, 0.1) is 5.92 Å². The third kappa shape index (κ3) is 5.69. The van der Waals surface area contributed by atoms with E-state index in [1.165, 1.54) is 17.5 Å². The average molecular weight is 375 g/mol. The average Bonchev–Trinajstić information content (AvgIpc) is 2.74. The Morgan fingerprint density at radius 3 is 2.29 bits per heavy atom. The zero-order valence-electron chi connectivity index (χ0n) is 16.8. The fourth-order valence-corrected chi connectivity index (χ4v) is 3.85. The molecule has 0 heterocycles. The first-order valence-corrected chi connectivity index (χ1v) is 10.3. The zero-order chi connectivity index (χ0) is 19.8. The first kappa shape index (κ1) is 20.1. The summed E-state index contributed by atoms with van der Waals surface area (Å²) in [4.78, 5) is 12.5. The molecule has 0 aliphatic heterocycles. The van der Waals surface area contributed by atoms with Crippen molar-refractivity contribution in [1.29, 1.82) is 0 Å². The highest BCUT2D eigenvalue weighted by molar-refractivity contribution is 5.93. The Bertz CT molecular complexity index is 794. The minimum absolute atomic E-state index is 0.0660. The van der Waals surface area contributed by atoms with E-state index in [0.29, 0.717) is 5.57 Å². The van der Waals surface area contributed by atoms with Crippen molar-refractivity contribution < 1.29 is 9.53 Å². The number of allylic oxidation sites excluding steroid dienone is 1. The topological polar surface area (TPSA) is 26.3 Å². The molecule has 2 aromatic rings. The van der Waals surface area contributed by atoms with Gasteiger partial charge in [0.05, 0.1) is 0 Å². The molecule has 28 heavy (non-hydrogen) atoms. The highest BCUT2D eigenvalue weighted by atomic mass is 16.5. The van der Waals surface area contributed by atoms with Crippen LogP contribution in [0.1, 0.15) is 51.0 Å². The molecule has 146 valence electrons. The van der Waals surface area contributed by atoms with Gasteiger partial charge in [-0.25, -0.2) is 4.79 Å².